The average molecular weight is 377 g/mol. The first kappa shape index (κ1) is 17.0. The smallest absolute Gasteiger partial charge is 0.330 e. The van der Waals surface area contributed by atoms with E-state index in [1.54, 1.807) is 0 Å². The van der Waals surface area contributed by atoms with Crippen molar-refractivity contribution in [1.29, 1.82) is 0 Å². The number of fused-ring (bicyclic) bond motifs is 1. The minimum absolute atomic E-state index is 0.271. The molecule has 26 heavy (non-hydrogen) atoms. The van der Waals surface area contributed by atoms with Crippen molar-refractivity contribution >= 4 is 10.0 Å². The van der Waals surface area contributed by atoms with E-state index in [2.05, 4.69) is 0 Å². The van der Waals surface area contributed by atoms with Crippen molar-refractivity contribution in [2.45, 2.75) is 11.3 Å². The van der Waals surface area contributed by atoms with Gasteiger partial charge in [0.15, 0.2) is 4.90 Å². The topological polar surface area (TPSA) is 90.6 Å². The zero-order chi connectivity index (χ0) is 18.7. The van der Waals surface area contributed by atoms with E-state index in [-0.39, 0.29) is 23.4 Å². The molecule has 0 aliphatic carbocycles. The van der Waals surface area contributed by atoms with Crippen LogP contribution in [0.3, 0.4) is 0 Å². The Labute approximate surface area is 150 Å². The van der Waals surface area contributed by atoms with E-state index in [0.717, 1.165) is 33.1 Å². The third-order valence-electron chi connectivity index (χ3n) is 5.13. The van der Waals surface area contributed by atoms with Gasteiger partial charge in [0.25, 0.3) is 5.56 Å². The summed E-state index contributed by atoms with van der Waals surface area (Å²) in [5.41, 5.74) is -0.577. The van der Waals surface area contributed by atoms with Crippen LogP contribution in [0.5, 0.6) is 5.75 Å². The highest BCUT2D eigenvalue weighted by Crippen LogP contribution is 2.42. The van der Waals surface area contributed by atoms with Crippen molar-refractivity contribution in [2.75, 3.05) is 19.7 Å². The molecule has 8 nitrogen and oxygen atoms in total. The van der Waals surface area contributed by atoms with E-state index in [1.165, 1.54) is 18.4 Å². The van der Waals surface area contributed by atoms with Crippen molar-refractivity contribution in [3.05, 3.63) is 56.9 Å². The number of nitrogens with zero attached hydrogens (tertiary/aromatic N) is 3. The maximum atomic E-state index is 12.9. The van der Waals surface area contributed by atoms with Gasteiger partial charge in [-0.05, 0) is 18.1 Å². The number of sulfonamides is 1. The molecular formula is C17H19N3O5S. The molecule has 2 aliphatic heterocycles. The molecule has 1 aromatic carbocycles. The summed E-state index contributed by atoms with van der Waals surface area (Å²) in [6.07, 6.45) is 1.83. The lowest BCUT2D eigenvalue weighted by atomic mass is 9.75. The average Bonchev–Trinajstić information content (AvgIpc) is 2.60. The number of aryl methyl sites for hydroxylation is 1. The predicted octanol–water partition coefficient (Wildman–Crippen LogP) is -0.290. The van der Waals surface area contributed by atoms with Crippen molar-refractivity contribution in [1.82, 2.24) is 13.4 Å². The Hall–Kier alpha value is -2.39. The van der Waals surface area contributed by atoms with Gasteiger partial charge < -0.3 is 9.30 Å². The minimum atomic E-state index is -3.96. The van der Waals surface area contributed by atoms with Gasteiger partial charge in [0.05, 0.1) is 6.61 Å². The highest BCUT2D eigenvalue weighted by molar-refractivity contribution is 7.89. The first-order valence-electron chi connectivity index (χ1n) is 8.21. The van der Waals surface area contributed by atoms with E-state index >= 15 is 0 Å². The molecule has 0 N–H and O–H groups in total. The molecule has 2 aliphatic rings. The van der Waals surface area contributed by atoms with Crippen LogP contribution < -0.4 is 16.0 Å². The molecule has 0 amide bonds. The lowest BCUT2D eigenvalue weighted by Crippen LogP contribution is -2.63. The van der Waals surface area contributed by atoms with Gasteiger partial charge in [-0.15, -0.1) is 0 Å². The molecule has 0 unspecified atom stereocenters. The van der Waals surface area contributed by atoms with Crippen molar-refractivity contribution in [3.63, 3.8) is 0 Å². The first-order valence-corrected chi connectivity index (χ1v) is 9.65. The van der Waals surface area contributed by atoms with E-state index in [4.69, 9.17) is 4.74 Å². The monoisotopic (exact) mass is 377 g/mol. The summed E-state index contributed by atoms with van der Waals surface area (Å²) in [6, 6.07) is 7.73. The number of aromatic nitrogens is 2. The fourth-order valence-corrected chi connectivity index (χ4v) is 5.46. The van der Waals surface area contributed by atoms with E-state index in [9.17, 15) is 18.0 Å². The molecule has 0 bridgehead atoms. The van der Waals surface area contributed by atoms with Gasteiger partial charge in [-0.25, -0.2) is 13.2 Å². The zero-order valence-corrected chi connectivity index (χ0v) is 15.3. The second-order valence-corrected chi connectivity index (χ2v) is 9.00. The summed E-state index contributed by atoms with van der Waals surface area (Å²) in [4.78, 5) is 23.7. The van der Waals surface area contributed by atoms with Crippen LogP contribution in [-0.4, -0.2) is 41.6 Å². The van der Waals surface area contributed by atoms with Crippen LogP contribution >= 0.6 is 0 Å². The Morgan fingerprint density at radius 2 is 1.81 bits per heavy atom. The number of hydrogen-bond acceptors (Lipinski definition) is 5. The lowest BCUT2D eigenvalue weighted by molar-refractivity contribution is 0.00588. The Morgan fingerprint density at radius 1 is 1.12 bits per heavy atom. The van der Waals surface area contributed by atoms with Crippen LogP contribution in [0.25, 0.3) is 0 Å². The number of hydrogen-bond donors (Lipinski definition) is 0. The van der Waals surface area contributed by atoms with Gasteiger partial charge in [0.1, 0.15) is 5.75 Å². The molecule has 138 valence electrons. The van der Waals surface area contributed by atoms with Gasteiger partial charge >= 0.3 is 5.69 Å². The molecule has 2 aromatic rings. The summed E-state index contributed by atoms with van der Waals surface area (Å²) in [5, 5.41) is 0. The van der Waals surface area contributed by atoms with Gasteiger partial charge in [-0.1, -0.05) is 18.2 Å². The maximum absolute atomic E-state index is 12.9. The fourth-order valence-electron chi connectivity index (χ4n) is 3.64. The molecule has 9 heteroatoms. The number of benzene rings is 1. The largest absolute Gasteiger partial charge is 0.493 e. The van der Waals surface area contributed by atoms with Crippen molar-refractivity contribution in [2.24, 2.45) is 19.5 Å². The predicted molar refractivity (Wildman–Crippen MR) is 93.8 cm³/mol. The van der Waals surface area contributed by atoms with E-state index in [1.807, 2.05) is 24.3 Å². The molecule has 0 saturated carbocycles. The molecule has 1 spiro atoms. The quantitative estimate of drug-likeness (QED) is 0.717. The van der Waals surface area contributed by atoms with Gasteiger partial charge in [-0.3, -0.25) is 9.36 Å². The summed E-state index contributed by atoms with van der Waals surface area (Å²) >= 11 is 0. The summed E-state index contributed by atoms with van der Waals surface area (Å²) in [5.74, 6) is 0.839. The van der Waals surface area contributed by atoms with Gasteiger partial charge in [-0.2, -0.15) is 4.31 Å². The van der Waals surface area contributed by atoms with E-state index < -0.39 is 21.3 Å². The van der Waals surface area contributed by atoms with Gasteiger partial charge in [0.2, 0.25) is 10.0 Å². The third kappa shape index (κ3) is 2.42. The highest BCUT2D eigenvalue weighted by Gasteiger charge is 2.51. The second kappa shape index (κ2) is 5.55. The molecule has 0 atom stereocenters. The summed E-state index contributed by atoms with van der Waals surface area (Å²) < 4.78 is 34.7. The Bertz CT molecular complexity index is 1110. The molecule has 0 radical (unpaired) electrons. The van der Waals surface area contributed by atoms with E-state index in [0.29, 0.717) is 6.61 Å². The first-order chi connectivity index (χ1) is 12.2. The van der Waals surface area contributed by atoms with Crippen molar-refractivity contribution in [3.8, 4) is 5.75 Å². The standard InChI is InChI=1S/C17H19N3O5S/c1-18-8-14(15(21)19(2)16(18)22)26(23,24)20-9-17(10-20)7-12-5-3-4-6-13(12)25-11-17/h3-6,8H,7,9-11H2,1-2H3. The Morgan fingerprint density at radius 3 is 2.54 bits per heavy atom. The number of ether oxygens (including phenoxy) is 1. The second-order valence-electron chi connectivity index (χ2n) is 7.10. The summed E-state index contributed by atoms with van der Waals surface area (Å²) in [6.45, 7) is 1.02. The summed E-state index contributed by atoms with van der Waals surface area (Å²) in [7, 11) is -1.27. The lowest BCUT2D eigenvalue weighted by Gasteiger charge is -2.50. The molecule has 3 heterocycles. The van der Waals surface area contributed by atoms with Crippen LogP contribution in [0.15, 0.2) is 44.9 Å². The third-order valence-corrected chi connectivity index (χ3v) is 6.90. The SMILES string of the molecule is Cn1cc(S(=O)(=O)N2CC3(COc4ccccc4C3)C2)c(=O)n(C)c1=O. The fraction of sp³-hybridized carbons (Fsp3) is 0.412. The molecule has 4 rings (SSSR count). The zero-order valence-electron chi connectivity index (χ0n) is 14.5. The Balaban J connectivity index is 1.62. The molecule has 1 aromatic heterocycles. The molecular weight excluding hydrogens is 358 g/mol. The van der Waals surface area contributed by atoms with Gasteiger partial charge in [0, 0.05) is 38.8 Å². The number of rotatable bonds is 2. The normalized spacial score (nSPS) is 18.8. The number of para-hydroxylation sites is 1. The molecule has 1 saturated heterocycles. The molecule has 1 fully saturated rings. The van der Waals surface area contributed by atoms with Crippen LogP contribution in [-0.2, 0) is 30.5 Å². The van der Waals surface area contributed by atoms with Crippen LogP contribution in [0.1, 0.15) is 5.56 Å². The van der Waals surface area contributed by atoms with Crippen LogP contribution in [0, 0.1) is 5.41 Å². The van der Waals surface area contributed by atoms with Crippen molar-refractivity contribution < 1.29 is 13.2 Å². The van der Waals surface area contributed by atoms with Crippen LogP contribution in [0.2, 0.25) is 0 Å². The minimum Gasteiger partial charge on any atom is -0.493 e. The van der Waals surface area contributed by atoms with Crippen LogP contribution in [0.4, 0.5) is 0 Å². The Kier molecular flexibility index (Phi) is 3.64. The highest BCUT2D eigenvalue weighted by atomic mass is 32.2. The maximum Gasteiger partial charge on any atom is 0.330 e.